The Morgan fingerprint density at radius 3 is 2.44 bits per heavy atom. The first kappa shape index (κ1) is 16.7. The summed E-state index contributed by atoms with van der Waals surface area (Å²) in [7, 11) is 0. The van der Waals surface area contributed by atoms with Crippen LogP contribution in [0.1, 0.15) is 16.1 Å². The number of hydrogen-bond acceptors (Lipinski definition) is 5. The number of benzene rings is 1. The molecule has 1 aliphatic heterocycles. The summed E-state index contributed by atoms with van der Waals surface area (Å²) < 4.78 is 5.13. The molecule has 128 valence electrons. The van der Waals surface area contributed by atoms with Crippen LogP contribution in [0, 0.1) is 11.3 Å². The molecule has 1 fully saturated rings. The van der Waals surface area contributed by atoms with E-state index in [1.165, 1.54) is 6.26 Å². The Morgan fingerprint density at radius 2 is 1.84 bits per heavy atom. The molecule has 3 rings (SSSR count). The summed E-state index contributed by atoms with van der Waals surface area (Å²) in [6, 6.07) is 12.1. The Hall–Kier alpha value is -3.11. The zero-order valence-corrected chi connectivity index (χ0v) is 13.6. The maximum Gasteiger partial charge on any atom is 0.289 e. The third-order valence-electron chi connectivity index (χ3n) is 4.06. The van der Waals surface area contributed by atoms with Crippen molar-refractivity contribution < 1.29 is 14.0 Å². The number of carbonyl (C=O) groups is 2. The van der Waals surface area contributed by atoms with Crippen LogP contribution in [-0.4, -0.2) is 54.3 Å². The largest absolute Gasteiger partial charge is 0.459 e. The molecule has 1 aliphatic rings. The van der Waals surface area contributed by atoms with Gasteiger partial charge in [-0.2, -0.15) is 5.26 Å². The number of carbonyl (C=O) groups excluding carboxylic acids is 2. The summed E-state index contributed by atoms with van der Waals surface area (Å²) in [5.41, 5.74) is 1.21. The van der Waals surface area contributed by atoms with Gasteiger partial charge < -0.3 is 14.6 Å². The molecular formula is C18H18N4O3. The van der Waals surface area contributed by atoms with Crippen molar-refractivity contribution in [2.45, 2.75) is 0 Å². The standard InChI is InChI=1S/C18H18N4O3/c19-12-14-3-5-15(6-4-14)20-17(23)13-21-7-9-22(10-8-21)18(24)16-2-1-11-25-16/h1-6,11H,7-10,13H2,(H,20,23). The minimum absolute atomic E-state index is 0.115. The topological polar surface area (TPSA) is 89.6 Å². The van der Waals surface area contributed by atoms with Gasteiger partial charge in [0.1, 0.15) is 0 Å². The number of anilines is 1. The minimum Gasteiger partial charge on any atom is -0.459 e. The molecule has 0 aliphatic carbocycles. The first-order valence-electron chi connectivity index (χ1n) is 8.01. The Kier molecular flexibility index (Phi) is 5.11. The Labute approximate surface area is 145 Å². The van der Waals surface area contributed by atoms with Crippen LogP contribution in [0.2, 0.25) is 0 Å². The fourth-order valence-corrected chi connectivity index (χ4v) is 2.70. The molecule has 0 bridgehead atoms. The molecule has 1 N–H and O–H groups in total. The molecular weight excluding hydrogens is 320 g/mol. The second-order valence-electron chi connectivity index (χ2n) is 5.78. The van der Waals surface area contributed by atoms with E-state index in [0.717, 1.165) is 0 Å². The molecule has 7 nitrogen and oxygen atoms in total. The van der Waals surface area contributed by atoms with E-state index >= 15 is 0 Å². The third-order valence-corrected chi connectivity index (χ3v) is 4.06. The van der Waals surface area contributed by atoms with E-state index in [-0.39, 0.29) is 18.4 Å². The highest BCUT2D eigenvalue weighted by Crippen LogP contribution is 2.11. The fourth-order valence-electron chi connectivity index (χ4n) is 2.70. The van der Waals surface area contributed by atoms with Crippen molar-refractivity contribution in [3.05, 3.63) is 54.0 Å². The van der Waals surface area contributed by atoms with Gasteiger partial charge in [0, 0.05) is 31.9 Å². The second-order valence-corrected chi connectivity index (χ2v) is 5.78. The van der Waals surface area contributed by atoms with E-state index in [4.69, 9.17) is 9.68 Å². The van der Waals surface area contributed by atoms with Crippen LogP contribution in [0.15, 0.2) is 47.1 Å². The van der Waals surface area contributed by atoms with Crippen LogP contribution in [0.5, 0.6) is 0 Å². The summed E-state index contributed by atoms with van der Waals surface area (Å²) in [6.07, 6.45) is 1.48. The first-order valence-corrected chi connectivity index (χ1v) is 8.01. The molecule has 0 spiro atoms. The highest BCUT2D eigenvalue weighted by atomic mass is 16.3. The molecule has 7 heteroatoms. The van der Waals surface area contributed by atoms with Crippen molar-refractivity contribution >= 4 is 17.5 Å². The number of hydrogen-bond donors (Lipinski definition) is 1. The lowest BCUT2D eigenvalue weighted by atomic mass is 10.2. The maximum absolute atomic E-state index is 12.2. The zero-order chi connectivity index (χ0) is 17.6. The van der Waals surface area contributed by atoms with Gasteiger partial charge in [0.2, 0.25) is 5.91 Å². The van der Waals surface area contributed by atoms with Crippen LogP contribution < -0.4 is 5.32 Å². The van der Waals surface area contributed by atoms with Crippen LogP contribution in [0.4, 0.5) is 5.69 Å². The van der Waals surface area contributed by atoms with Crippen molar-refractivity contribution in [2.75, 3.05) is 38.0 Å². The predicted molar refractivity (Wildman–Crippen MR) is 90.8 cm³/mol. The molecule has 0 saturated carbocycles. The Balaban J connectivity index is 1.46. The van der Waals surface area contributed by atoms with E-state index < -0.39 is 0 Å². The number of nitrogens with one attached hydrogen (secondary N) is 1. The average Bonchev–Trinajstić information content (AvgIpc) is 3.17. The summed E-state index contributed by atoms with van der Waals surface area (Å²) in [6.45, 7) is 2.65. The average molecular weight is 338 g/mol. The summed E-state index contributed by atoms with van der Waals surface area (Å²) in [5, 5.41) is 11.6. The molecule has 1 saturated heterocycles. The van der Waals surface area contributed by atoms with Crippen LogP contribution in [0.25, 0.3) is 0 Å². The number of nitrogens with zero attached hydrogens (tertiary/aromatic N) is 3. The van der Waals surface area contributed by atoms with Crippen LogP contribution >= 0.6 is 0 Å². The second kappa shape index (κ2) is 7.64. The number of piperazine rings is 1. The molecule has 0 unspecified atom stereocenters. The van der Waals surface area contributed by atoms with Gasteiger partial charge >= 0.3 is 0 Å². The lowest BCUT2D eigenvalue weighted by Gasteiger charge is -2.33. The fraction of sp³-hybridized carbons (Fsp3) is 0.278. The summed E-state index contributed by atoms with van der Waals surface area (Å²) in [4.78, 5) is 28.1. The molecule has 1 aromatic heterocycles. The molecule has 0 atom stereocenters. The summed E-state index contributed by atoms with van der Waals surface area (Å²) in [5.74, 6) is 0.106. The van der Waals surface area contributed by atoms with Crippen molar-refractivity contribution in [1.82, 2.24) is 9.80 Å². The first-order chi connectivity index (χ1) is 12.2. The number of amides is 2. The van der Waals surface area contributed by atoms with Crippen LogP contribution in [0.3, 0.4) is 0 Å². The predicted octanol–water partition coefficient (Wildman–Crippen LogP) is 1.55. The van der Waals surface area contributed by atoms with Crippen molar-refractivity contribution in [3.8, 4) is 6.07 Å². The monoisotopic (exact) mass is 338 g/mol. The van der Waals surface area contributed by atoms with E-state index in [1.54, 1.807) is 41.3 Å². The van der Waals surface area contributed by atoms with Crippen LogP contribution in [-0.2, 0) is 4.79 Å². The Morgan fingerprint density at radius 1 is 1.12 bits per heavy atom. The van der Waals surface area contributed by atoms with Gasteiger partial charge in [-0.25, -0.2) is 0 Å². The third kappa shape index (κ3) is 4.25. The van der Waals surface area contributed by atoms with Gasteiger partial charge in [0.05, 0.1) is 24.4 Å². The van der Waals surface area contributed by atoms with Crippen molar-refractivity contribution in [2.24, 2.45) is 0 Å². The quantitative estimate of drug-likeness (QED) is 0.913. The van der Waals surface area contributed by atoms with Gasteiger partial charge in [-0.05, 0) is 36.4 Å². The maximum atomic E-state index is 12.2. The number of nitriles is 1. The number of furan rings is 1. The molecule has 0 radical (unpaired) electrons. The molecule has 2 amide bonds. The van der Waals surface area contributed by atoms with Gasteiger partial charge in [-0.3, -0.25) is 14.5 Å². The van der Waals surface area contributed by atoms with Gasteiger partial charge in [0.25, 0.3) is 5.91 Å². The highest BCUT2D eigenvalue weighted by Gasteiger charge is 2.24. The SMILES string of the molecule is N#Cc1ccc(NC(=O)CN2CCN(C(=O)c3ccco3)CC2)cc1. The highest BCUT2D eigenvalue weighted by molar-refractivity contribution is 5.92. The van der Waals surface area contributed by atoms with Gasteiger partial charge in [0.15, 0.2) is 5.76 Å². The van der Waals surface area contributed by atoms with E-state index in [1.807, 2.05) is 11.0 Å². The molecule has 1 aromatic carbocycles. The minimum atomic E-state index is -0.119. The van der Waals surface area contributed by atoms with Crippen molar-refractivity contribution in [3.63, 3.8) is 0 Å². The van der Waals surface area contributed by atoms with Gasteiger partial charge in [-0.15, -0.1) is 0 Å². The molecule has 25 heavy (non-hydrogen) atoms. The zero-order valence-electron chi connectivity index (χ0n) is 13.6. The van der Waals surface area contributed by atoms with E-state index in [2.05, 4.69) is 5.32 Å². The molecule has 2 heterocycles. The lowest BCUT2D eigenvalue weighted by molar-refractivity contribution is -0.117. The number of rotatable bonds is 4. The lowest BCUT2D eigenvalue weighted by Crippen LogP contribution is -2.50. The van der Waals surface area contributed by atoms with E-state index in [9.17, 15) is 9.59 Å². The Bertz CT molecular complexity index is 770. The normalized spacial score (nSPS) is 14.8. The smallest absolute Gasteiger partial charge is 0.289 e. The van der Waals surface area contributed by atoms with Crippen molar-refractivity contribution in [1.29, 1.82) is 5.26 Å². The van der Waals surface area contributed by atoms with Gasteiger partial charge in [-0.1, -0.05) is 0 Å². The summed E-state index contributed by atoms with van der Waals surface area (Å²) >= 11 is 0. The molecule has 2 aromatic rings. The van der Waals surface area contributed by atoms with E-state index in [0.29, 0.717) is 43.2 Å².